The van der Waals surface area contributed by atoms with Crippen LogP contribution in [0.4, 0.5) is 8.78 Å². The molecule has 1 unspecified atom stereocenters. The van der Waals surface area contributed by atoms with Crippen molar-refractivity contribution in [3.05, 3.63) is 63.9 Å². The highest BCUT2D eigenvalue weighted by atomic mass is 79.9. The second kappa shape index (κ2) is 6.21. The van der Waals surface area contributed by atoms with Gasteiger partial charge in [0.15, 0.2) is 0 Å². The number of likely N-dealkylation sites (N-methyl/N-ethyl adjacent to an activating group) is 1. The zero-order valence-electron chi connectivity index (χ0n) is 10.3. The van der Waals surface area contributed by atoms with Crippen LogP contribution in [-0.2, 0) is 6.42 Å². The molecule has 1 aromatic heterocycles. The molecular weight excluding hydrogens is 314 g/mol. The third-order valence-electron chi connectivity index (χ3n) is 2.89. The Morgan fingerprint density at radius 1 is 1.21 bits per heavy atom. The normalized spacial score (nSPS) is 12.4. The predicted molar refractivity (Wildman–Crippen MR) is 73.8 cm³/mol. The summed E-state index contributed by atoms with van der Waals surface area (Å²) in [7, 11) is 1.79. The zero-order valence-corrected chi connectivity index (χ0v) is 11.9. The number of nitrogens with one attached hydrogen (secondary N) is 1. The van der Waals surface area contributed by atoms with E-state index in [1.165, 1.54) is 24.4 Å². The second-order valence-electron chi connectivity index (χ2n) is 4.18. The highest BCUT2D eigenvalue weighted by Crippen LogP contribution is 2.23. The lowest BCUT2D eigenvalue weighted by molar-refractivity contribution is 0.561. The Bertz CT molecular complexity index is 558. The second-order valence-corrected chi connectivity index (χ2v) is 5.04. The van der Waals surface area contributed by atoms with Gasteiger partial charge in [0, 0.05) is 4.47 Å². The number of nitrogens with zero attached hydrogens (tertiary/aromatic N) is 1. The lowest BCUT2D eigenvalue weighted by Gasteiger charge is -2.16. The maximum Gasteiger partial charge on any atom is 0.141 e. The van der Waals surface area contributed by atoms with Gasteiger partial charge in [-0.3, -0.25) is 4.98 Å². The summed E-state index contributed by atoms with van der Waals surface area (Å²) in [5.41, 5.74) is 1.56. The first kappa shape index (κ1) is 14.1. The van der Waals surface area contributed by atoms with Gasteiger partial charge in [0.1, 0.15) is 11.6 Å². The maximum atomic E-state index is 13.3. The summed E-state index contributed by atoms with van der Waals surface area (Å²) in [5, 5.41) is 3.10. The number of pyridine rings is 1. The molecule has 0 fully saturated rings. The van der Waals surface area contributed by atoms with Crippen LogP contribution in [0.25, 0.3) is 0 Å². The molecule has 0 saturated heterocycles. The highest BCUT2D eigenvalue weighted by Gasteiger charge is 2.14. The van der Waals surface area contributed by atoms with Crippen LogP contribution in [0.15, 0.2) is 41.0 Å². The van der Waals surface area contributed by atoms with E-state index in [1.807, 2.05) is 0 Å². The van der Waals surface area contributed by atoms with E-state index in [0.717, 1.165) is 15.7 Å². The van der Waals surface area contributed by atoms with E-state index >= 15 is 0 Å². The van der Waals surface area contributed by atoms with Crippen molar-refractivity contribution >= 4 is 15.9 Å². The van der Waals surface area contributed by atoms with Crippen LogP contribution in [0.2, 0.25) is 0 Å². The fourth-order valence-corrected chi connectivity index (χ4v) is 2.28. The van der Waals surface area contributed by atoms with Crippen molar-refractivity contribution in [1.82, 2.24) is 10.3 Å². The molecule has 0 amide bonds. The molecule has 2 rings (SSSR count). The van der Waals surface area contributed by atoms with Crippen LogP contribution in [-0.4, -0.2) is 12.0 Å². The van der Waals surface area contributed by atoms with Gasteiger partial charge < -0.3 is 5.32 Å². The predicted octanol–water partition coefficient (Wildman–Crippen LogP) is 3.63. The smallest absolute Gasteiger partial charge is 0.141 e. The van der Waals surface area contributed by atoms with Gasteiger partial charge in [-0.05, 0) is 49.4 Å². The topological polar surface area (TPSA) is 24.9 Å². The first-order chi connectivity index (χ1) is 9.10. The van der Waals surface area contributed by atoms with Crippen LogP contribution in [0, 0.1) is 11.6 Å². The van der Waals surface area contributed by atoms with Crippen molar-refractivity contribution in [3.8, 4) is 0 Å². The molecule has 1 aromatic carbocycles. The Hall–Kier alpha value is -1.33. The number of benzene rings is 1. The Morgan fingerprint density at radius 2 is 1.95 bits per heavy atom. The lowest BCUT2D eigenvalue weighted by Crippen LogP contribution is -2.20. The number of hydrogen-bond acceptors (Lipinski definition) is 2. The molecule has 0 aliphatic rings. The van der Waals surface area contributed by atoms with E-state index in [0.29, 0.717) is 6.42 Å². The molecule has 0 spiro atoms. The van der Waals surface area contributed by atoms with Gasteiger partial charge in [0.25, 0.3) is 0 Å². The van der Waals surface area contributed by atoms with E-state index in [-0.39, 0.29) is 17.7 Å². The van der Waals surface area contributed by atoms with Crippen molar-refractivity contribution in [2.45, 2.75) is 12.5 Å². The molecule has 0 radical (unpaired) electrons. The molecule has 0 aliphatic heterocycles. The Labute approximate surface area is 119 Å². The average Bonchev–Trinajstić information content (AvgIpc) is 2.41. The summed E-state index contributed by atoms with van der Waals surface area (Å²) in [4.78, 5) is 4.05. The van der Waals surface area contributed by atoms with Gasteiger partial charge in [-0.2, -0.15) is 0 Å². The van der Waals surface area contributed by atoms with E-state index < -0.39 is 0 Å². The molecule has 2 nitrogen and oxygen atoms in total. The molecule has 1 atom stereocenters. The highest BCUT2D eigenvalue weighted by molar-refractivity contribution is 9.10. The molecule has 19 heavy (non-hydrogen) atoms. The molecule has 0 bridgehead atoms. The monoisotopic (exact) mass is 326 g/mol. The first-order valence-corrected chi connectivity index (χ1v) is 6.62. The maximum absolute atomic E-state index is 13.3. The van der Waals surface area contributed by atoms with Gasteiger partial charge in [0.05, 0.1) is 17.9 Å². The Kier molecular flexibility index (Phi) is 4.61. The quantitative estimate of drug-likeness (QED) is 0.928. The Morgan fingerprint density at radius 3 is 2.58 bits per heavy atom. The third-order valence-corrected chi connectivity index (χ3v) is 3.66. The number of rotatable bonds is 4. The van der Waals surface area contributed by atoms with Crippen LogP contribution in [0.5, 0.6) is 0 Å². The summed E-state index contributed by atoms with van der Waals surface area (Å²) in [6.07, 6.45) is 1.74. The largest absolute Gasteiger partial charge is 0.311 e. The van der Waals surface area contributed by atoms with E-state index in [4.69, 9.17) is 0 Å². The minimum absolute atomic E-state index is 0.0984. The van der Waals surface area contributed by atoms with Crippen molar-refractivity contribution in [3.63, 3.8) is 0 Å². The van der Waals surface area contributed by atoms with E-state index in [1.54, 1.807) is 19.2 Å². The summed E-state index contributed by atoms with van der Waals surface area (Å²) in [6, 6.07) is 7.46. The summed E-state index contributed by atoms with van der Waals surface area (Å²) >= 11 is 3.40. The first-order valence-electron chi connectivity index (χ1n) is 5.83. The van der Waals surface area contributed by atoms with E-state index in [2.05, 4.69) is 26.2 Å². The number of halogens is 3. The summed E-state index contributed by atoms with van der Waals surface area (Å²) in [6.45, 7) is 0. The minimum Gasteiger partial charge on any atom is -0.311 e. The van der Waals surface area contributed by atoms with E-state index in [9.17, 15) is 8.78 Å². The van der Waals surface area contributed by atoms with Gasteiger partial charge in [-0.25, -0.2) is 8.78 Å². The molecule has 2 aromatic rings. The third kappa shape index (κ3) is 3.58. The standard InChI is InChI=1S/C14H13BrF2N2/c1-18-14(13-5-3-11(17)8-19-13)7-9-6-10(16)2-4-12(9)15/h2-6,8,14,18H,7H2,1H3. The molecule has 100 valence electrons. The molecule has 0 saturated carbocycles. The summed E-state index contributed by atoms with van der Waals surface area (Å²) in [5.74, 6) is -0.648. The van der Waals surface area contributed by atoms with Crippen LogP contribution < -0.4 is 5.32 Å². The van der Waals surface area contributed by atoms with Crippen LogP contribution in [0.1, 0.15) is 17.3 Å². The van der Waals surface area contributed by atoms with Gasteiger partial charge in [-0.1, -0.05) is 15.9 Å². The average molecular weight is 327 g/mol. The molecular formula is C14H13BrF2N2. The fraction of sp³-hybridized carbons (Fsp3) is 0.214. The van der Waals surface area contributed by atoms with Gasteiger partial charge in [0.2, 0.25) is 0 Å². The fourth-order valence-electron chi connectivity index (χ4n) is 1.87. The molecule has 1 heterocycles. The van der Waals surface area contributed by atoms with Crippen molar-refractivity contribution in [1.29, 1.82) is 0 Å². The minimum atomic E-state index is -0.370. The summed E-state index contributed by atoms with van der Waals surface area (Å²) < 4.78 is 27.0. The Balaban J connectivity index is 2.23. The van der Waals surface area contributed by atoms with Gasteiger partial charge in [-0.15, -0.1) is 0 Å². The van der Waals surface area contributed by atoms with Crippen molar-refractivity contribution < 1.29 is 8.78 Å². The van der Waals surface area contributed by atoms with Gasteiger partial charge >= 0.3 is 0 Å². The van der Waals surface area contributed by atoms with Crippen molar-refractivity contribution in [2.24, 2.45) is 0 Å². The number of hydrogen-bond donors (Lipinski definition) is 1. The van der Waals surface area contributed by atoms with Crippen molar-refractivity contribution in [2.75, 3.05) is 7.05 Å². The lowest BCUT2D eigenvalue weighted by atomic mass is 10.0. The zero-order chi connectivity index (χ0) is 13.8. The SMILES string of the molecule is CNC(Cc1cc(F)ccc1Br)c1ccc(F)cn1. The molecule has 0 aliphatic carbocycles. The van der Waals surface area contributed by atoms with Crippen LogP contribution in [0.3, 0.4) is 0 Å². The van der Waals surface area contributed by atoms with Crippen LogP contribution >= 0.6 is 15.9 Å². The molecule has 1 N–H and O–H groups in total. The number of aromatic nitrogens is 1. The molecule has 5 heteroatoms.